The third kappa shape index (κ3) is 1.81. The second kappa shape index (κ2) is 3.95. The molecule has 1 saturated carbocycles. The molecule has 3 fully saturated rings. The van der Waals surface area contributed by atoms with E-state index < -0.39 is 11.6 Å². The molecular weight excluding hydrogens is 246 g/mol. The van der Waals surface area contributed by atoms with Crippen LogP contribution in [0.3, 0.4) is 0 Å². The first-order valence-corrected chi connectivity index (χ1v) is 6.88. The highest BCUT2D eigenvalue weighted by molar-refractivity contribution is 6.07. The number of imide groups is 1. The number of hydrogen-bond acceptors (Lipinski definition) is 3. The van der Waals surface area contributed by atoms with Gasteiger partial charge in [-0.3, -0.25) is 14.9 Å². The van der Waals surface area contributed by atoms with Gasteiger partial charge in [0.15, 0.2) is 0 Å². The number of carbonyl (C=O) groups is 3. The van der Waals surface area contributed by atoms with Gasteiger partial charge in [0.25, 0.3) is 5.91 Å². The highest BCUT2D eigenvalue weighted by atomic mass is 16.2. The Bertz CT molecular complexity index is 456. The molecular formula is C13H19N3O3. The number of urea groups is 1. The van der Waals surface area contributed by atoms with Crippen LogP contribution in [-0.2, 0) is 9.59 Å². The Morgan fingerprint density at radius 2 is 1.89 bits per heavy atom. The molecule has 104 valence electrons. The van der Waals surface area contributed by atoms with Crippen LogP contribution in [0.15, 0.2) is 0 Å². The second-order valence-corrected chi connectivity index (χ2v) is 6.23. The van der Waals surface area contributed by atoms with E-state index in [0.29, 0.717) is 19.5 Å². The smallest absolute Gasteiger partial charge is 0.322 e. The standard InChI is InChI=1S/C13H19N3O3/c1-12(4-2-3-5-12)10(18)16-7-6-13(8-16)9(17)14-11(19)15-13/h2-8H2,1H3,(H2,14,15,17,19). The minimum Gasteiger partial charge on any atom is -0.339 e. The van der Waals surface area contributed by atoms with Crippen molar-refractivity contribution in [1.29, 1.82) is 0 Å². The van der Waals surface area contributed by atoms with Gasteiger partial charge in [-0.05, 0) is 19.3 Å². The first kappa shape index (κ1) is 12.4. The number of nitrogens with zero attached hydrogens (tertiary/aromatic N) is 1. The summed E-state index contributed by atoms with van der Waals surface area (Å²) in [4.78, 5) is 37.4. The highest BCUT2D eigenvalue weighted by Crippen LogP contribution is 2.40. The lowest BCUT2D eigenvalue weighted by molar-refractivity contribution is -0.140. The van der Waals surface area contributed by atoms with Crippen molar-refractivity contribution in [2.75, 3.05) is 13.1 Å². The number of likely N-dealkylation sites (tertiary alicyclic amines) is 1. The maximum atomic E-state index is 12.6. The SMILES string of the molecule is CC1(C(=O)N2CCC3(C2)NC(=O)NC3=O)CCCC1. The molecule has 6 heteroatoms. The summed E-state index contributed by atoms with van der Waals surface area (Å²) in [5.74, 6) is -0.166. The van der Waals surface area contributed by atoms with Gasteiger partial charge in [-0.1, -0.05) is 19.8 Å². The molecule has 2 saturated heterocycles. The molecule has 0 aromatic heterocycles. The number of rotatable bonds is 1. The number of carbonyl (C=O) groups excluding carboxylic acids is 3. The zero-order valence-corrected chi connectivity index (χ0v) is 11.1. The minimum absolute atomic E-state index is 0.135. The van der Waals surface area contributed by atoms with E-state index in [0.717, 1.165) is 25.7 Å². The van der Waals surface area contributed by atoms with Crippen LogP contribution in [0.2, 0.25) is 0 Å². The number of amides is 4. The minimum atomic E-state index is -0.887. The van der Waals surface area contributed by atoms with E-state index in [1.165, 1.54) is 0 Å². The molecule has 1 atom stereocenters. The van der Waals surface area contributed by atoms with Gasteiger partial charge in [-0.2, -0.15) is 0 Å². The Morgan fingerprint density at radius 3 is 2.47 bits per heavy atom. The van der Waals surface area contributed by atoms with Gasteiger partial charge in [-0.15, -0.1) is 0 Å². The van der Waals surface area contributed by atoms with Crippen LogP contribution in [0, 0.1) is 5.41 Å². The van der Waals surface area contributed by atoms with Gasteiger partial charge in [0.2, 0.25) is 5.91 Å². The van der Waals surface area contributed by atoms with Crippen molar-refractivity contribution in [1.82, 2.24) is 15.5 Å². The van der Waals surface area contributed by atoms with Gasteiger partial charge in [-0.25, -0.2) is 4.79 Å². The highest BCUT2D eigenvalue weighted by Gasteiger charge is 2.53. The van der Waals surface area contributed by atoms with E-state index in [1.54, 1.807) is 4.90 Å². The molecule has 3 rings (SSSR count). The maximum absolute atomic E-state index is 12.6. The quantitative estimate of drug-likeness (QED) is 0.673. The van der Waals surface area contributed by atoms with Crippen LogP contribution < -0.4 is 10.6 Å². The van der Waals surface area contributed by atoms with E-state index in [9.17, 15) is 14.4 Å². The third-order valence-corrected chi connectivity index (χ3v) is 4.79. The lowest BCUT2D eigenvalue weighted by atomic mass is 9.87. The molecule has 19 heavy (non-hydrogen) atoms. The summed E-state index contributed by atoms with van der Waals surface area (Å²) in [6, 6.07) is -0.452. The molecule has 0 aromatic carbocycles. The van der Waals surface area contributed by atoms with Crippen LogP contribution in [-0.4, -0.2) is 41.4 Å². The molecule has 1 spiro atoms. The van der Waals surface area contributed by atoms with Crippen molar-refractivity contribution in [3.63, 3.8) is 0 Å². The van der Waals surface area contributed by atoms with Crippen LogP contribution in [0.25, 0.3) is 0 Å². The van der Waals surface area contributed by atoms with Crippen molar-refractivity contribution in [2.45, 2.75) is 44.6 Å². The van der Waals surface area contributed by atoms with Crippen molar-refractivity contribution in [3.8, 4) is 0 Å². The Labute approximate surface area is 111 Å². The van der Waals surface area contributed by atoms with Crippen molar-refractivity contribution in [2.24, 2.45) is 5.41 Å². The summed E-state index contributed by atoms with van der Waals surface area (Å²) in [7, 11) is 0. The van der Waals surface area contributed by atoms with E-state index in [1.807, 2.05) is 6.92 Å². The molecule has 2 aliphatic heterocycles. The van der Waals surface area contributed by atoms with Crippen LogP contribution in [0.1, 0.15) is 39.0 Å². The summed E-state index contributed by atoms with van der Waals surface area (Å²) in [6.07, 6.45) is 4.55. The summed E-state index contributed by atoms with van der Waals surface area (Å²) in [5, 5.41) is 4.93. The zero-order chi connectivity index (χ0) is 13.7. The first-order chi connectivity index (χ1) is 8.95. The van der Waals surface area contributed by atoms with Crippen LogP contribution >= 0.6 is 0 Å². The van der Waals surface area contributed by atoms with E-state index in [2.05, 4.69) is 10.6 Å². The average Bonchev–Trinajstić information content (AvgIpc) is 3.02. The first-order valence-electron chi connectivity index (χ1n) is 6.88. The predicted octanol–water partition coefficient (Wildman–Crippen LogP) is 0.377. The molecule has 1 unspecified atom stereocenters. The van der Waals surface area contributed by atoms with E-state index >= 15 is 0 Å². The maximum Gasteiger partial charge on any atom is 0.322 e. The van der Waals surface area contributed by atoms with Gasteiger partial charge < -0.3 is 10.2 Å². The largest absolute Gasteiger partial charge is 0.339 e. The summed E-state index contributed by atoms with van der Waals surface area (Å²) in [5.41, 5.74) is -1.16. The molecule has 2 heterocycles. The molecule has 0 radical (unpaired) electrons. The molecule has 6 nitrogen and oxygen atoms in total. The van der Waals surface area contributed by atoms with E-state index in [4.69, 9.17) is 0 Å². The van der Waals surface area contributed by atoms with Crippen molar-refractivity contribution >= 4 is 17.8 Å². The lowest BCUT2D eigenvalue weighted by Crippen LogP contribution is -2.51. The molecule has 0 aromatic rings. The Morgan fingerprint density at radius 1 is 1.21 bits per heavy atom. The number of hydrogen-bond donors (Lipinski definition) is 2. The molecule has 2 N–H and O–H groups in total. The van der Waals surface area contributed by atoms with Crippen molar-refractivity contribution in [3.05, 3.63) is 0 Å². The zero-order valence-electron chi connectivity index (χ0n) is 11.1. The normalized spacial score (nSPS) is 32.8. The van der Waals surface area contributed by atoms with E-state index in [-0.39, 0.29) is 17.2 Å². The Balaban J connectivity index is 1.74. The molecule has 3 aliphatic rings. The molecule has 1 aliphatic carbocycles. The fraction of sp³-hybridized carbons (Fsp3) is 0.769. The fourth-order valence-electron chi connectivity index (χ4n) is 3.55. The van der Waals surface area contributed by atoms with Crippen LogP contribution in [0.5, 0.6) is 0 Å². The molecule has 4 amide bonds. The lowest BCUT2D eigenvalue weighted by Gasteiger charge is -2.29. The summed E-state index contributed by atoms with van der Waals surface area (Å²) < 4.78 is 0. The number of nitrogens with one attached hydrogen (secondary N) is 2. The van der Waals surface area contributed by atoms with Crippen LogP contribution in [0.4, 0.5) is 4.79 Å². The van der Waals surface area contributed by atoms with Gasteiger partial charge in [0, 0.05) is 12.0 Å². The topological polar surface area (TPSA) is 78.5 Å². The summed E-state index contributed by atoms with van der Waals surface area (Å²) >= 11 is 0. The summed E-state index contributed by atoms with van der Waals surface area (Å²) in [6.45, 7) is 2.86. The van der Waals surface area contributed by atoms with Gasteiger partial charge in [0.1, 0.15) is 5.54 Å². The Hall–Kier alpha value is -1.59. The Kier molecular flexibility index (Phi) is 2.59. The van der Waals surface area contributed by atoms with Crippen molar-refractivity contribution < 1.29 is 14.4 Å². The molecule has 0 bridgehead atoms. The predicted molar refractivity (Wildman–Crippen MR) is 67.2 cm³/mol. The van der Waals surface area contributed by atoms with Gasteiger partial charge in [0.05, 0.1) is 6.54 Å². The van der Waals surface area contributed by atoms with Gasteiger partial charge >= 0.3 is 6.03 Å². The monoisotopic (exact) mass is 265 g/mol. The average molecular weight is 265 g/mol. The second-order valence-electron chi connectivity index (χ2n) is 6.23. The third-order valence-electron chi connectivity index (χ3n) is 4.79. The fourth-order valence-corrected chi connectivity index (χ4v) is 3.55.